The first-order valence-corrected chi connectivity index (χ1v) is 6.43. The second-order valence-electron chi connectivity index (χ2n) is 3.76. The van der Waals surface area contributed by atoms with E-state index in [0.29, 0.717) is 0 Å². The Labute approximate surface area is 99.6 Å². The standard InChI is InChI=1S/C12H15NO2S/c1-3-6-16-9-4-5-11-10(7-9)13-12(14)8(2)15-11/h4-5,7-8H,3,6H2,1-2H3,(H,13,14). The van der Waals surface area contributed by atoms with Gasteiger partial charge in [0.15, 0.2) is 6.10 Å². The second kappa shape index (κ2) is 4.78. The van der Waals surface area contributed by atoms with Crippen molar-refractivity contribution in [2.45, 2.75) is 31.3 Å². The molecule has 1 N–H and O–H groups in total. The zero-order chi connectivity index (χ0) is 11.5. The number of anilines is 1. The van der Waals surface area contributed by atoms with E-state index in [1.807, 2.05) is 18.2 Å². The van der Waals surface area contributed by atoms with Gasteiger partial charge in [-0.15, -0.1) is 11.8 Å². The minimum atomic E-state index is -0.401. The van der Waals surface area contributed by atoms with Crippen LogP contribution in [0.4, 0.5) is 5.69 Å². The van der Waals surface area contributed by atoms with E-state index in [-0.39, 0.29) is 5.91 Å². The molecule has 2 rings (SSSR count). The van der Waals surface area contributed by atoms with Gasteiger partial charge in [-0.05, 0) is 37.3 Å². The largest absolute Gasteiger partial charge is 0.479 e. The number of nitrogens with one attached hydrogen (secondary N) is 1. The van der Waals surface area contributed by atoms with Crippen LogP contribution in [0.25, 0.3) is 0 Å². The molecule has 3 nitrogen and oxygen atoms in total. The van der Waals surface area contributed by atoms with Crippen molar-refractivity contribution >= 4 is 23.4 Å². The molecule has 1 amide bonds. The van der Waals surface area contributed by atoms with Crippen LogP contribution in [0.2, 0.25) is 0 Å². The van der Waals surface area contributed by atoms with Crippen LogP contribution in [0.3, 0.4) is 0 Å². The Morgan fingerprint density at radius 1 is 1.50 bits per heavy atom. The number of carbonyl (C=O) groups excluding carboxylic acids is 1. The number of carbonyl (C=O) groups is 1. The van der Waals surface area contributed by atoms with Gasteiger partial charge in [-0.1, -0.05) is 6.92 Å². The van der Waals surface area contributed by atoms with E-state index in [2.05, 4.69) is 12.2 Å². The average Bonchev–Trinajstić information content (AvgIpc) is 2.28. The number of fused-ring (bicyclic) bond motifs is 1. The molecule has 1 unspecified atom stereocenters. The van der Waals surface area contributed by atoms with Crippen LogP contribution in [-0.4, -0.2) is 17.8 Å². The van der Waals surface area contributed by atoms with Crippen molar-refractivity contribution < 1.29 is 9.53 Å². The minimum Gasteiger partial charge on any atom is -0.479 e. The fourth-order valence-corrected chi connectivity index (χ4v) is 2.30. The molecule has 0 spiro atoms. The van der Waals surface area contributed by atoms with Crippen molar-refractivity contribution in [2.75, 3.05) is 11.1 Å². The summed E-state index contributed by atoms with van der Waals surface area (Å²) in [5.74, 6) is 1.77. The summed E-state index contributed by atoms with van der Waals surface area (Å²) in [5.41, 5.74) is 0.782. The number of ether oxygens (including phenoxy) is 1. The fraction of sp³-hybridized carbons (Fsp3) is 0.417. The van der Waals surface area contributed by atoms with E-state index in [4.69, 9.17) is 4.74 Å². The molecule has 0 bridgehead atoms. The Kier molecular flexibility index (Phi) is 3.39. The van der Waals surface area contributed by atoms with Crippen LogP contribution in [0, 0.1) is 0 Å². The number of thioether (sulfide) groups is 1. The first kappa shape index (κ1) is 11.3. The predicted molar refractivity (Wildman–Crippen MR) is 66.2 cm³/mol. The Bertz CT molecular complexity index is 406. The van der Waals surface area contributed by atoms with Crippen molar-refractivity contribution in [1.82, 2.24) is 0 Å². The molecule has 1 aliphatic heterocycles. The monoisotopic (exact) mass is 237 g/mol. The maximum Gasteiger partial charge on any atom is 0.265 e. The lowest BCUT2D eigenvalue weighted by atomic mass is 10.2. The Morgan fingerprint density at radius 2 is 2.31 bits per heavy atom. The number of rotatable bonds is 3. The average molecular weight is 237 g/mol. The van der Waals surface area contributed by atoms with Crippen molar-refractivity contribution in [3.8, 4) is 5.75 Å². The highest BCUT2D eigenvalue weighted by Crippen LogP contribution is 2.33. The summed E-state index contributed by atoms with van der Waals surface area (Å²) < 4.78 is 5.48. The molecule has 0 saturated carbocycles. The Morgan fingerprint density at radius 3 is 3.06 bits per heavy atom. The normalized spacial score (nSPS) is 18.6. The molecule has 0 aliphatic carbocycles. The number of benzene rings is 1. The van der Waals surface area contributed by atoms with Crippen LogP contribution in [0.1, 0.15) is 20.3 Å². The van der Waals surface area contributed by atoms with Crippen LogP contribution < -0.4 is 10.1 Å². The van der Waals surface area contributed by atoms with Gasteiger partial charge in [0.05, 0.1) is 5.69 Å². The smallest absolute Gasteiger partial charge is 0.265 e. The highest BCUT2D eigenvalue weighted by atomic mass is 32.2. The van der Waals surface area contributed by atoms with Crippen molar-refractivity contribution in [2.24, 2.45) is 0 Å². The predicted octanol–water partition coefficient (Wildman–Crippen LogP) is 2.91. The molecule has 86 valence electrons. The molecule has 16 heavy (non-hydrogen) atoms. The number of hydrogen-bond donors (Lipinski definition) is 1. The Hall–Kier alpha value is -1.16. The third-order valence-electron chi connectivity index (χ3n) is 2.35. The van der Waals surface area contributed by atoms with Crippen LogP contribution >= 0.6 is 11.8 Å². The molecule has 0 fully saturated rings. The zero-order valence-electron chi connectivity index (χ0n) is 9.45. The lowest BCUT2D eigenvalue weighted by molar-refractivity contribution is -0.122. The van der Waals surface area contributed by atoms with Gasteiger partial charge in [0.25, 0.3) is 5.91 Å². The van der Waals surface area contributed by atoms with Gasteiger partial charge in [-0.25, -0.2) is 0 Å². The van der Waals surface area contributed by atoms with E-state index < -0.39 is 6.10 Å². The molecule has 0 saturated heterocycles. The van der Waals surface area contributed by atoms with Gasteiger partial charge in [0.2, 0.25) is 0 Å². The van der Waals surface area contributed by atoms with E-state index in [1.54, 1.807) is 18.7 Å². The lowest BCUT2D eigenvalue weighted by Crippen LogP contribution is -2.34. The van der Waals surface area contributed by atoms with Crippen LogP contribution in [0.15, 0.2) is 23.1 Å². The van der Waals surface area contributed by atoms with Gasteiger partial charge < -0.3 is 10.1 Å². The SMILES string of the molecule is CCCSc1ccc2c(c1)NC(=O)C(C)O2. The van der Waals surface area contributed by atoms with Gasteiger partial charge in [0, 0.05) is 4.90 Å². The first-order valence-electron chi connectivity index (χ1n) is 5.45. The first-order chi connectivity index (χ1) is 7.70. The van der Waals surface area contributed by atoms with Crippen molar-refractivity contribution in [3.63, 3.8) is 0 Å². The molecule has 1 aromatic rings. The van der Waals surface area contributed by atoms with Gasteiger partial charge in [-0.3, -0.25) is 4.79 Å². The second-order valence-corrected chi connectivity index (χ2v) is 4.92. The highest BCUT2D eigenvalue weighted by Gasteiger charge is 2.23. The fourth-order valence-electron chi connectivity index (χ4n) is 1.50. The highest BCUT2D eigenvalue weighted by molar-refractivity contribution is 7.99. The Balaban J connectivity index is 2.19. The topological polar surface area (TPSA) is 38.3 Å². The van der Waals surface area contributed by atoms with E-state index in [1.165, 1.54) is 4.90 Å². The summed E-state index contributed by atoms with van der Waals surface area (Å²) in [4.78, 5) is 12.6. The maximum atomic E-state index is 11.4. The van der Waals surface area contributed by atoms with Crippen LogP contribution in [-0.2, 0) is 4.79 Å². The maximum absolute atomic E-state index is 11.4. The van der Waals surface area contributed by atoms with Crippen molar-refractivity contribution in [1.29, 1.82) is 0 Å². The van der Waals surface area contributed by atoms with Gasteiger partial charge >= 0.3 is 0 Å². The lowest BCUT2D eigenvalue weighted by Gasteiger charge is -2.23. The minimum absolute atomic E-state index is 0.0786. The molecular weight excluding hydrogens is 222 g/mol. The third kappa shape index (κ3) is 2.32. The molecule has 0 radical (unpaired) electrons. The summed E-state index contributed by atoms with van der Waals surface area (Å²) in [5, 5.41) is 2.85. The summed E-state index contributed by atoms with van der Waals surface area (Å²) in [7, 11) is 0. The summed E-state index contributed by atoms with van der Waals surface area (Å²) in [6, 6.07) is 5.92. The zero-order valence-corrected chi connectivity index (χ0v) is 10.3. The van der Waals surface area contributed by atoms with Gasteiger partial charge in [0.1, 0.15) is 5.75 Å². The molecule has 1 aromatic carbocycles. The molecule has 1 aliphatic rings. The summed E-state index contributed by atoms with van der Waals surface area (Å²) in [6.45, 7) is 3.90. The molecule has 0 aromatic heterocycles. The molecule has 1 heterocycles. The molecule has 4 heteroatoms. The summed E-state index contributed by atoms with van der Waals surface area (Å²) in [6.07, 6.45) is 0.739. The quantitative estimate of drug-likeness (QED) is 0.821. The van der Waals surface area contributed by atoms with Gasteiger partial charge in [-0.2, -0.15) is 0 Å². The molecular formula is C12H15NO2S. The van der Waals surface area contributed by atoms with Crippen LogP contribution in [0.5, 0.6) is 5.75 Å². The molecule has 1 atom stereocenters. The number of hydrogen-bond acceptors (Lipinski definition) is 3. The van der Waals surface area contributed by atoms with E-state index >= 15 is 0 Å². The summed E-state index contributed by atoms with van der Waals surface area (Å²) >= 11 is 1.79. The van der Waals surface area contributed by atoms with E-state index in [0.717, 1.165) is 23.6 Å². The number of amides is 1. The third-order valence-corrected chi connectivity index (χ3v) is 3.55. The van der Waals surface area contributed by atoms with E-state index in [9.17, 15) is 4.79 Å². The van der Waals surface area contributed by atoms with Crippen molar-refractivity contribution in [3.05, 3.63) is 18.2 Å².